The van der Waals surface area contributed by atoms with Crippen LogP contribution in [-0.4, -0.2) is 29.9 Å². The molecule has 0 saturated carbocycles. The normalized spacial score (nSPS) is 11.6. The zero-order valence-electron chi connectivity index (χ0n) is 9.15. The van der Waals surface area contributed by atoms with Crippen molar-refractivity contribution in [3.63, 3.8) is 0 Å². The highest BCUT2D eigenvalue weighted by Crippen LogP contribution is 2.00. The molecule has 86 valence electrons. The van der Waals surface area contributed by atoms with E-state index in [2.05, 4.69) is 15.6 Å². The largest absolute Gasteiger partial charge is 0.384 e. The molecule has 0 saturated heterocycles. The molecule has 1 atom stereocenters. The summed E-state index contributed by atoms with van der Waals surface area (Å²) in [5.74, 6) is -0.430. The number of amides is 2. The molecule has 0 spiro atoms. The van der Waals surface area contributed by atoms with Crippen LogP contribution in [0.4, 0.5) is 5.82 Å². The molecular formula is C10H14N4O2. The molecule has 1 unspecified atom stereocenters. The van der Waals surface area contributed by atoms with Crippen molar-refractivity contribution < 1.29 is 9.59 Å². The Hall–Kier alpha value is -2.11. The molecule has 0 aliphatic rings. The highest BCUT2D eigenvalue weighted by Gasteiger charge is 2.15. The van der Waals surface area contributed by atoms with Gasteiger partial charge in [-0.05, 0) is 19.1 Å². The van der Waals surface area contributed by atoms with Gasteiger partial charge in [-0.2, -0.15) is 0 Å². The van der Waals surface area contributed by atoms with E-state index in [4.69, 9.17) is 5.73 Å². The van der Waals surface area contributed by atoms with Crippen molar-refractivity contribution in [1.29, 1.82) is 0 Å². The van der Waals surface area contributed by atoms with Crippen molar-refractivity contribution in [1.82, 2.24) is 15.6 Å². The molecule has 0 fully saturated rings. The molecule has 1 heterocycles. The lowest BCUT2D eigenvalue weighted by molar-refractivity contribution is -0.122. The van der Waals surface area contributed by atoms with Crippen molar-refractivity contribution in [3.05, 3.63) is 23.9 Å². The van der Waals surface area contributed by atoms with Crippen molar-refractivity contribution in [2.75, 3.05) is 12.8 Å². The van der Waals surface area contributed by atoms with Gasteiger partial charge in [-0.15, -0.1) is 0 Å². The van der Waals surface area contributed by atoms with E-state index in [-0.39, 0.29) is 17.4 Å². The number of hydrogen-bond donors (Lipinski definition) is 3. The molecule has 16 heavy (non-hydrogen) atoms. The minimum absolute atomic E-state index is 0.191. The Labute approximate surface area is 93.2 Å². The minimum Gasteiger partial charge on any atom is -0.384 e. The Bertz CT molecular complexity index is 406. The number of likely N-dealkylation sites (N-methyl/N-ethyl adjacent to an activating group) is 1. The van der Waals surface area contributed by atoms with Crippen LogP contribution in [0.1, 0.15) is 17.4 Å². The molecule has 0 aliphatic carbocycles. The van der Waals surface area contributed by atoms with E-state index in [1.807, 2.05) is 0 Å². The number of hydrogen-bond acceptors (Lipinski definition) is 4. The number of nitrogen functional groups attached to an aromatic ring is 1. The molecular weight excluding hydrogens is 208 g/mol. The van der Waals surface area contributed by atoms with E-state index < -0.39 is 11.9 Å². The molecule has 1 aromatic heterocycles. The molecule has 0 aromatic carbocycles. The Morgan fingerprint density at radius 3 is 2.69 bits per heavy atom. The molecule has 6 nitrogen and oxygen atoms in total. The van der Waals surface area contributed by atoms with Gasteiger partial charge in [-0.3, -0.25) is 9.59 Å². The van der Waals surface area contributed by atoms with Crippen molar-refractivity contribution >= 4 is 17.6 Å². The van der Waals surface area contributed by atoms with Gasteiger partial charge in [0, 0.05) is 7.05 Å². The van der Waals surface area contributed by atoms with Gasteiger partial charge in [0.25, 0.3) is 5.91 Å². The summed E-state index contributed by atoms with van der Waals surface area (Å²) < 4.78 is 0. The lowest BCUT2D eigenvalue weighted by Crippen LogP contribution is -2.43. The van der Waals surface area contributed by atoms with Crippen LogP contribution in [0.15, 0.2) is 18.2 Å². The van der Waals surface area contributed by atoms with Crippen LogP contribution >= 0.6 is 0 Å². The summed E-state index contributed by atoms with van der Waals surface area (Å²) in [7, 11) is 1.50. The van der Waals surface area contributed by atoms with Gasteiger partial charge in [0.05, 0.1) is 0 Å². The fraction of sp³-hybridized carbons (Fsp3) is 0.300. The molecule has 2 amide bonds. The number of aromatic nitrogens is 1. The average Bonchev–Trinajstić information content (AvgIpc) is 2.27. The Balaban J connectivity index is 2.69. The van der Waals surface area contributed by atoms with Crippen molar-refractivity contribution in [2.24, 2.45) is 0 Å². The summed E-state index contributed by atoms with van der Waals surface area (Å²) >= 11 is 0. The van der Waals surface area contributed by atoms with Crippen LogP contribution < -0.4 is 16.4 Å². The third kappa shape index (κ3) is 2.94. The van der Waals surface area contributed by atoms with Gasteiger partial charge >= 0.3 is 0 Å². The topological polar surface area (TPSA) is 97.1 Å². The van der Waals surface area contributed by atoms with E-state index in [1.54, 1.807) is 19.1 Å². The van der Waals surface area contributed by atoms with Gasteiger partial charge in [-0.1, -0.05) is 6.07 Å². The highest BCUT2D eigenvalue weighted by molar-refractivity contribution is 5.96. The standard InChI is InChI=1S/C10H14N4O2/c1-6(9(15)12-2)13-10(16)7-4-3-5-8(11)14-7/h3-6H,1-2H3,(H2,11,14)(H,12,15)(H,13,16). The minimum atomic E-state index is -0.610. The first-order chi connectivity index (χ1) is 7.54. The third-order valence-electron chi connectivity index (χ3n) is 1.99. The first kappa shape index (κ1) is 12.0. The van der Waals surface area contributed by atoms with Gasteiger partial charge in [0.1, 0.15) is 17.6 Å². The number of rotatable bonds is 3. The van der Waals surface area contributed by atoms with Gasteiger partial charge in [-0.25, -0.2) is 4.98 Å². The maximum atomic E-state index is 11.6. The second-order valence-electron chi connectivity index (χ2n) is 3.26. The number of pyridine rings is 1. The number of nitrogens with zero attached hydrogens (tertiary/aromatic N) is 1. The summed E-state index contributed by atoms with van der Waals surface area (Å²) in [6.45, 7) is 1.59. The highest BCUT2D eigenvalue weighted by atomic mass is 16.2. The molecule has 0 aliphatic heterocycles. The first-order valence-electron chi connectivity index (χ1n) is 4.79. The molecule has 1 aromatic rings. The summed E-state index contributed by atoms with van der Waals surface area (Å²) in [4.78, 5) is 26.6. The zero-order valence-corrected chi connectivity index (χ0v) is 9.15. The average molecular weight is 222 g/mol. The van der Waals surface area contributed by atoms with E-state index >= 15 is 0 Å². The Kier molecular flexibility index (Phi) is 3.82. The fourth-order valence-corrected chi connectivity index (χ4v) is 1.13. The predicted octanol–water partition coefficient (Wildman–Crippen LogP) is -0.472. The van der Waals surface area contributed by atoms with Crippen LogP contribution in [0.3, 0.4) is 0 Å². The third-order valence-corrected chi connectivity index (χ3v) is 1.99. The molecule has 0 bridgehead atoms. The van der Waals surface area contributed by atoms with E-state index in [0.717, 1.165) is 0 Å². The summed E-state index contributed by atoms with van der Waals surface area (Å²) in [5, 5.41) is 4.94. The predicted molar refractivity (Wildman–Crippen MR) is 59.6 cm³/mol. The number of carbonyl (C=O) groups is 2. The summed E-state index contributed by atoms with van der Waals surface area (Å²) in [6.07, 6.45) is 0. The van der Waals surface area contributed by atoms with E-state index in [0.29, 0.717) is 0 Å². The second-order valence-corrected chi connectivity index (χ2v) is 3.26. The maximum Gasteiger partial charge on any atom is 0.270 e. The van der Waals surface area contributed by atoms with Crippen LogP contribution in [0.5, 0.6) is 0 Å². The summed E-state index contributed by atoms with van der Waals surface area (Å²) in [6, 6.07) is 4.13. The van der Waals surface area contributed by atoms with Gasteiger partial charge in [0.2, 0.25) is 5.91 Å². The van der Waals surface area contributed by atoms with Crippen LogP contribution in [0, 0.1) is 0 Å². The molecule has 0 radical (unpaired) electrons. The smallest absolute Gasteiger partial charge is 0.270 e. The monoisotopic (exact) mass is 222 g/mol. The number of anilines is 1. The zero-order chi connectivity index (χ0) is 12.1. The maximum absolute atomic E-state index is 11.6. The fourth-order valence-electron chi connectivity index (χ4n) is 1.13. The molecule has 1 rings (SSSR count). The van der Waals surface area contributed by atoms with Gasteiger partial charge < -0.3 is 16.4 Å². The lowest BCUT2D eigenvalue weighted by atomic mass is 10.2. The number of nitrogens with one attached hydrogen (secondary N) is 2. The van der Waals surface area contributed by atoms with Crippen molar-refractivity contribution in [2.45, 2.75) is 13.0 Å². The van der Waals surface area contributed by atoms with E-state index in [9.17, 15) is 9.59 Å². The van der Waals surface area contributed by atoms with Gasteiger partial charge in [0.15, 0.2) is 0 Å². The second kappa shape index (κ2) is 5.11. The molecule has 6 heteroatoms. The number of nitrogens with two attached hydrogens (primary N) is 1. The van der Waals surface area contributed by atoms with Crippen molar-refractivity contribution in [3.8, 4) is 0 Å². The van der Waals surface area contributed by atoms with Crippen LogP contribution in [0.25, 0.3) is 0 Å². The Morgan fingerprint density at radius 2 is 2.12 bits per heavy atom. The first-order valence-corrected chi connectivity index (χ1v) is 4.79. The quantitative estimate of drug-likeness (QED) is 0.644. The number of carbonyl (C=O) groups excluding carboxylic acids is 2. The van der Waals surface area contributed by atoms with Crippen LogP contribution in [-0.2, 0) is 4.79 Å². The molecule has 4 N–H and O–H groups in total. The van der Waals surface area contributed by atoms with E-state index in [1.165, 1.54) is 13.1 Å². The Morgan fingerprint density at radius 1 is 1.44 bits per heavy atom. The van der Waals surface area contributed by atoms with Crippen LogP contribution in [0.2, 0.25) is 0 Å². The SMILES string of the molecule is CNC(=O)C(C)NC(=O)c1cccc(N)n1. The summed E-state index contributed by atoms with van der Waals surface area (Å²) in [5.41, 5.74) is 5.63. The lowest BCUT2D eigenvalue weighted by Gasteiger charge is -2.11.